The Morgan fingerprint density at radius 3 is 1.53 bits per heavy atom. The van der Waals surface area contributed by atoms with Crippen LogP contribution < -0.4 is 5.32 Å². The van der Waals surface area contributed by atoms with Gasteiger partial charge in [0, 0.05) is 10.6 Å². The Morgan fingerprint density at radius 2 is 0.878 bits per heavy atom. The lowest BCUT2D eigenvalue weighted by Gasteiger charge is -2.19. The number of nitrogens with one attached hydrogen (secondary N) is 1. The van der Waals surface area contributed by atoms with Crippen molar-refractivity contribution in [2.24, 2.45) is 0 Å². The van der Waals surface area contributed by atoms with Crippen molar-refractivity contribution < 1.29 is 0 Å². The molecule has 0 spiro atoms. The molecular weight excluding hydrogens is 611 g/mol. The van der Waals surface area contributed by atoms with Crippen molar-refractivity contribution in [3.63, 3.8) is 0 Å². The lowest BCUT2D eigenvalue weighted by atomic mass is 9.84. The molecule has 230 valence electrons. The summed E-state index contributed by atoms with van der Waals surface area (Å²) in [6.45, 7) is 0. The summed E-state index contributed by atoms with van der Waals surface area (Å²) in [7, 11) is 0. The fraction of sp³-hybridized carbons (Fsp3) is 0.0213. The second-order valence-corrected chi connectivity index (χ2v) is 14.1. The minimum Gasteiger partial charge on any atom is -0.368 e. The van der Waals surface area contributed by atoms with Crippen LogP contribution in [0.4, 0.5) is 5.69 Å². The molecule has 9 aromatic rings. The van der Waals surface area contributed by atoms with Gasteiger partial charge in [0.05, 0.1) is 0 Å². The average Bonchev–Trinajstić information content (AvgIpc) is 3.61. The van der Waals surface area contributed by atoms with Crippen molar-refractivity contribution in [2.45, 2.75) is 10.3 Å². The molecule has 0 aromatic heterocycles. The van der Waals surface area contributed by atoms with Gasteiger partial charge in [-0.3, -0.25) is 0 Å². The zero-order valence-corrected chi connectivity index (χ0v) is 27.5. The normalized spacial score (nSPS) is 14.0. The van der Waals surface area contributed by atoms with E-state index in [0.29, 0.717) is 0 Å². The maximum atomic E-state index is 3.69. The van der Waals surface area contributed by atoms with E-state index >= 15 is 0 Å². The van der Waals surface area contributed by atoms with Crippen LogP contribution in [0.2, 0.25) is 0 Å². The number of thioether (sulfide) groups is 1. The molecule has 0 saturated carbocycles. The van der Waals surface area contributed by atoms with Gasteiger partial charge in [0.15, 0.2) is 0 Å². The van der Waals surface area contributed by atoms with E-state index in [1.165, 1.54) is 92.6 Å². The molecule has 0 saturated heterocycles. The molecule has 9 aromatic carbocycles. The molecule has 2 heteroatoms. The third-order valence-electron chi connectivity index (χ3n) is 10.1. The van der Waals surface area contributed by atoms with E-state index in [2.05, 4.69) is 181 Å². The highest BCUT2D eigenvalue weighted by Gasteiger charge is 2.23. The molecule has 1 heterocycles. The van der Waals surface area contributed by atoms with Gasteiger partial charge in [-0.05, 0) is 112 Å². The molecule has 0 radical (unpaired) electrons. The molecule has 1 nitrogen and oxygen atoms in total. The van der Waals surface area contributed by atoms with E-state index in [9.17, 15) is 0 Å². The first-order chi connectivity index (χ1) is 24.3. The van der Waals surface area contributed by atoms with Crippen molar-refractivity contribution in [3.05, 3.63) is 181 Å². The van der Waals surface area contributed by atoms with Gasteiger partial charge in [-0.1, -0.05) is 157 Å². The van der Waals surface area contributed by atoms with Crippen LogP contribution in [-0.2, 0) is 0 Å². The zero-order chi connectivity index (χ0) is 32.3. The summed E-state index contributed by atoms with van der Waals surface area (Å²) in [6, 6.07) is 64.8. The summed E-state index contributed by atoms with van der Waals surface area (Å²) in [5.41, 5.74) is 9.98. The van der Waals surface area contributed by atoms with Crippen LogP contribution in [0.5, 0.6) is 0 Å². The lowest BCUT2D eigenvalue weighted by molar-refractivity contribution is 1.13. The summed E-state index contributed by atoms with van der Waals surface area (Å²) in [6.07, 6.45) is 0. The van der Waals surface area contributed by atoms with Gasteiger partial charge in [-0.2, -0.15) is 0 Å². The molecular formula is C47H31NS. The molecule has 1 aliphatic heterocycles. The number of benzene rings is 9. The quantitative estimate of drug-likeness (QED) is 0.192. The summed E-state index contributed by atoms with van der Waals surface area (Å²) < 4.78 is 0. The lowest BCUT2D eigenvalue weighted by Crippen LogP contribution is -2.00. The molecule has 1 atom stereocenters. The average molecular weight is 642 g/mol. The Labute approximate surface area is 289 Å². The van der Waals surface area contributed by atoms with Gasteiger partial charge in [0.2, 0.25) is 0 Å². The summed E-state index contributed by atoms with van der Waals surface area (Å²) in [4.78, 5) is 1.31. The van der Waals surface area contributed by atoms with Crippen LogP contribution in [0.25, 0.3) is 76.5 Å². The third kappa shape index (κ3) is 4.79. The van der Waals surface area contributed by atoms with Crippen molar-refractivity contribution in [1.29, 1.82) is 0 Å². The number of rotatable bonds is 4. The fourth-order valence-corrected chi connectivity index (χ4v) is 8.80. The molecule has 0 bridgehead atoms. The Balaban J connectivity index is 1.18. The largest absolute Gasteiger partial charge is 0.368 e. The second kappa shape index (κ2) is 11.4. The standard InChI is InChI=1S/C47H31NS/c1-3-11-34-27-37(23-19-30(34)9-1)45-39-13-5-6-14-40(39)46(38-24-20-31-10-2-4-12-35(31)28-38)42-29-36(25-26-41(42)45)32-17-21-33(22-18-32)47-48-43-15-7-8-16-44(43)49-47/h1-29,47-48H. The van der Waals surface area contributed by atoms with Crippen LogP contribution in [-0.4, -0.2) is 0 Å². The van der Waals surface area contributed by atoms with E-state index in [1.807, 2.05) is 11.8 Å². The van der Waals surface area contributed by atoms with Gasteiger partial charge in [0.1, 0.15) is 5.37 Å². The highest BCUT2D eigenvalue weighted by atomic mass is 32.2. The van der Waals surface area contributed by atoms with Crippen LogP contribution in [0, 0.1) is 0 Å². The molecule has 0 aliphatic carbocycles. The Bertz CT molecular complexity index is 2700. The smallest absolute Gasteiger partial charge is 0.103 e. The van der Waals surface area contributed by atoms with Gasteiger partial charge >= 0.3 is 0 Å². The maximum absolute atomic E-state index is 3.69. The van der Waals surface area contributed by atoms with E-state index in [1.54, 1.807) is 0 Å². The number of anilines is 1. The fourth-order valence-electron chi connectivity index (χ4n) is 7.66. The molecule has 1 unspecified atom stereocenters. The first kappa shape index (κ1) is 28.2. The number of hydrogen-bond acceptors (Lipinski definition) is 2. The first-order valence-corrected chi connectivity index (χ1v) is 17.7. The second-order valence-electron chi connectivity index (χ2n) is 12.9. The topological polar surface area (TPSA) is 12.0 Å². The highest BCUT2D eigenvalue weighted by molar-refractivity contribution is 8.00. The number of fused-ring (bicyclic) bond motifs is 5. The maximum Gasteiger partial charge on any atom is 0.103 e. The molecule has 1 N–H and O–H groups in total. The Hall–Kier alpha value is -5.83. The summed E-state index contributed by atoms with van der Waals surface area (Å²) in [5.74, 6) is 0. The number of para-hydroxylation sites is 1. The minimum absolute atomic E-state index is 0.221. The van der Waals surface area contributed by atoms with E-state index in [-0.39, 0.29) is 5.37 Å². The predicted molar refractivity (Wildman–Crippen MR) is 211 cm³/mol. The Morgan fingerprint density at radius 1 is 0.367 bits per heavy atom. The zero-order valence-electron chi connectivity index (χ0n) is 26.7. The van der Waals surface area contributed by atoms with E-state index in [0.717, 1.165) is 0 Å². The molecule has 1 aliphatic rings. The van der Waals surface area contributed by atoms with Crippen LogP contribution in [0.3, 0.4) is 0 Å². The Kier molecular flexibility index (Phi) is 6.56. The molecule has 10 rings (SSSR count). The van der Waals surface area contributed by atoms with Crippen LogP contribution in [0.15, 0.2) is 181 Å². The monoisotopic (exact) mass is 641 g/mol. The minimum atomic E-state index is 0.221. The summed E-state index contributed by atoms with van der Waals surface area (Å²) in [5, 5.41) is 14.0. The van der Waals surface area contributed by atoms with E-state index < -0.39 is 0 Å². The van der Waals surface area contributed by atoms with Crippen molar-refractivity contribution in [1.82, 2.24) is 0 Å². The van der Waals surface area contributed by atoms with Gasteiger partial charge in [-0.15, -0.1) is 0 Å². The van der Waals surface area contributed by atoms with Crippen LogP contribution >= 0.6 is 11.8 Å². The van der Waals surface area contributed by atoms with E-state index in [4.69, 9.17) is 0 Å². The van der Waals surface area contributed by atoms with Crippen molar-refractivity contribution >= 4 is 60.5 Å². The number of hydrogen-bond donors (Lipinski definition) is 1. The molecule has 49 heavy (non-hydrogen) atoms. The first-order valence-electron chi connectivity index (χ1n) is 16.9. The van der Waals surface area contributed by atoms with Gasteiger partial charge < -0.3 is 5.32 Å². The van der Waals surface area contributed by atoms with Gasteiger partial charge in [-0.25, -0.2) is 0 Å². The third-order valence-corrected chi connectivity index (χ3v) is 11.3. The van der Waals surface area contributed by atoms with Crippen molar-refractivity contribution in [3.8, 4) is 33.4 Å². The molecule has 0 amide bonds. The highest BCUT2D eigenvalue weighted by Crippen LogP contribution is 2.48. The van der Waals surface area contributed by atoms with Crippen LogP contribution in [0.1, 0.15) is 10.9 Å². The van der Waals surface area contributed by atoms with Gasteiger partial charge in [0.25, 0.3) is 0 Å². The summed E-state index contributed by atoms with van der Waals surface area (Å²) >= 11 is 1.88. The molecule has 0 fully saturated rings. The predicted octanol–water partition coefficient (Wildman–Crippen LogP) is 13.5. The van der Waals surface area contributed by atoms with Crippen molar-refractivity contribution in [2.75, 3.05) is 5.32 Å². The SMILES string of the molecule is c1ccc2c(c1)NC(c1ccc(-c3ccc4c(-c5ccc6ccccc6c5)c5ccccc5c(-c5ccc6ccccc6c5)c4c3)cc1)S2.